The largest absolute Gasteiger partial charge is 0.271 e. The molecule has 0 heterocycles. The molecule has 0 spiro atoms. The summed E-state index contributed by atoms with van der Waals surface area (Å²) in [5, 5.41) is 6.61. The molecule has 0 aliphatic heterocycles. The number of fused-ring (bicyclic) bond motifs is 1. The number of hydrazone groups is 1. The van der Waals surface area contributed by atoms with Crippen LogP contribution in [0.2, 0.25) is 0 Å². The molecule has 0 saturated heterocycles. The van der Waals surface area contributed by atoms with Crippen molar-refractivity contribution >= 4 is 22.4 Å². The van der Waals surface area contributed by atoms with Crippen LogP contribution in [0.25, 0.3) is 21.9 Å². The predicted octanol–water partition coefficient (Wildman–Crippen LogP) is 5.66. The van der Waals surface area contributed by atoms with E-state index in [-0.39, 0.29) is 5.91 Å². The minimum absolute atomic E-state index is 0.222. The maximum atomic E-state index is 12.4. The Balaban J connectivity index is 1.48. The summed E-state index contributed by atoms with van der Waals surface area (Å²) in [7, 11) is 0. The lowest BCUT2D eigenvalue weighted by Gasteiger charge is -2.06. The summed E-state index contributed by atoms with van der Waals surface area (Å²) in [4.78, 5) is 12.4. The summed E-state index contributed by atoms with van der Waals surface area (Å²) in [6.45, 7) is 1.89. The zero-order valence-electron chi connectivity index (χ0n) is 15.6. The Morgan fingerprint density at radius 3 is 2.04 bits per heavy atom. The van der Waals surface area contributed by atoms with Crippen molar-refractivity contribution in [2.24, 2.45) is 5.10 Å². The zero-order chi connectivity index (χ0) is 19.3. The Hall–Kier alpha value is -3.72. The lowest BCUT2D eigenvalue weighted by molar-refractivity contribution is 0.0955. The van der Waals surface area contributed by atoms with Gasteiger partial charge in [-0.3, -0.25) is 4.79 Å². The van der Waals surface area contributed by atoms with Crippen LogP contribution in [-0.2, 0) is 0 Å². The lowest BCUT2D eigenvalue weighted by Crippen LogP contribution is -2.19. The topological polar surface area (TPSA) is 41.5 Å². The molecule has 28 heavy (non-hydrogen) atoms. The van der Waals surface area contributed by atoms with Crippen molar-refractivity contribution in [1.29, 1.82) is 0 Å². The Labute approximate surface area is 164 Å². The van der Waals surface area contributed by atoms with Crippen molar-refractivity contribution in [2.75, 3.05) is 0 Å². The number of carbonyl (C=O) groups is 1. The highest BCUT2D eigenvalue weighted by Crippen LogP contribution is 2.19. The molecule has 0 aromatic heterocycles. The first kappa shape index (κ1) is 17.7. The van der Waals surface area contributed by atoms with E-state index in [0.29, 0.717) is 5.56 Å². The molecule has 0 aliphatic carbocycles. The summed E-state index contributed by atoms with van der Waals surface area (Å²) in [6, 6.07) is 32.0. The van der Waals surface area contributed by atoms with Gasteiger partial charge in [0.1, 0.15) is 0 Å². The molecule has 3 nitrogen and oxygen atoms in total. The molecule has 4 aromatic carbocycles. The first-order valence-electron chi connectivity index (χ1n) is 9.20. The van der Waals surface area contributed by atoms with Gasteiger partial charge in [0.15, 0.2) is 0 Å². The van der Waals surface area contributed by atoms with Crippen LogP contribution >= 0.6 is 0 Å². The molecule has 4 aromatic rings. The molecule has 0 bridgehead atoms. The van der Waals surface area contributed by atoms with Crippen molar-refractivity contribution in [3.05, 3.63) is 108 Å². The average Bonchev–Trinajstić information content (AvgIpc) is 2.77. The van der Waals surface area contributed by atoms with E-state index >= 15 is 0 Å². The van der Waals surface area contributed by atoms with Crippen molar-refractivity contribution < 1.29 is 4.79 Å². The smallest absolute Gasteiger partial charge is 0.267 e. The van der Waals surface area contributed by atoms with E-state index in [1.165, 1.54) is 5.39 Å². The molecule has 0 radical (unpaired) electrons. The van der Waals surface area contributed by atoms with Crippen LogP contribution in [0, 0.1) is 0 Å². The molecule has 0 atom stereocenters. The third kappa shape index (κ3) is 3.84. The van der Waals surface area contributed by atoms with E-state index < -0.39 is 0 Å². The van der Waals surface area contributed by atoms with Gasteiger partial charge in [0, 0.05) is 5.56 Å². The van der Waals surface area contributed by atoms with Crippen LogP contribution in [0.15, 0.2) is 102 Å². The van der Waals surface area contributed by atoms with E-state index in [2.05, 4.69) is 34.8 Å². The van der Waals surface area contributed by atoms with E-state index in [4.69, 9.17) is 0 Å². The Morgan fingerprint density at radius 2 is 1.29 bits per heavy atom. The minimum atomic E-state index is -0.222. The Bertz CT molecular complexity index is 1150. The molecule has 0 aliphatic rings. The Kier molecular flexibility index (Phi) is 4.98. The summed E-state index contributed by atoms with van der Waals surface area (Å²) in [5.41, 5.74) is 7.18. The van der Waals surface area contributed by atoms with Crippen LogP contribution in [0.5, 0.6) is 0 Å². The number of rotatable bonds is 4. The summed E-state index contributed by atoms with van der Waals surface area (Å²) < 4.78 is 0. The standard InChI is InChI=1S/C25H20N2O/c1-18(23-16-13-20-9-5-6-10-24(20)17-23)26-27-25(28)22-14-11-21(12-15-22)19-7-3-2-4-8-19/h2-17H,1H3,(H,27,28)/b26-18+. The molecule has 1 amide bonds. The van der Waals surface area contributed by atoms with Crippen LogP contribution in [0.1, 0.15) is 22.8 Å². The van der Waals surface area contributed by atoms with Crippen LogP contribution < -0.4 is 5.43 Å². The molecule has 1 N–H and O–H groups in total. The second kappa shape index (κ2) is 7.89. The van der Waals surface area contributed by atoms with E-state index in [0.717, 1.165) is 27.8 Å². The van der Waals surface area contributed by atoms with Gasteiger partial charge in [0.2, 0.25) is 0 Å². The quantitative estimate of drug-likeness (QED) is 0.368. The number of nitrogens with one attached hydrogen (secondary N) is 1. The SMILES string of the molecule is C/C(=N\NC(=O)c1ccc(-c2ccccc2)cc1)c1ccc2ccccc2c1. The number of nitrogens with zero attached hydrogens (tertiary/aromatic N) is 1. The van der Waals surface area contributed by atoms with E-state index in [1.807, 2.05) is 79.7 Å². The first-order valence-corrected chi connectivity index (χ1v) is 9.20. The number of amides is 1. The molecule has 0 saturated carbocycles. The fraction of sp³-hybridized carbons (Fsp3) is 0.0400. The average molecular weight is 364 g/mol. The van der Waals surface area contributed by atoms with E-state index in [9.17, 15) is 4.79 Å². The third-order valence-electron chi connectivity index (χ3n) is 4.75. The number of benzene rings is 4. The van der Waals surface area contributed by atoms with Crippen molar-refractivity contribution in [3.63, 3.8) is 0 Å². The fourth-order valence-electron chi connectivity index (χ4n) is 3.12. The van der Waals surface area contributed by atoms with Gasteiger partial charge in [0.25, 0.3) is 5.91 Å². The predicted molar refractivity (Wildman–Crippen MR) is 116 cm³/mol. The Morgan fingerprint density at radius 1 is 0.679 bits per heavy atom. The van der Waals surface area contributed by atoms with Gasteiger partial charge >= 0.3 is 0 Å². The summed E-state index contributed by atoms with van der Waals surface area (Å²) >= 11 is 0. The van der Waals surface area contributed by atoms with Crippen molar-refractivity contribution in [1.82, 2.24) is 5.43 Å². The molecule has 0 fully saturated rings. The maximum absolute atomic E-state index is 12.4. The molecule has 4 rings (SSSR count). The first-order chi connectivity index (χ1) is 13.7. The van der Waals surface area contributed by atoms with Crippen molar-refractivity contribution in [2.45, 2.75) is 6.92 Å². The minimum Gasteiger partial charge on any atom is -0.267 e. The van der Waals surface area contributed by atoms with Gasteiger partial charge < -0.3 is 0 Å². The molecule has 0 unspecified atom stereocenters. The summed E-state index contributed by atoms with van der Waals surface area (Å²) in [6.07, 6.45) is 0. The lowest BCUT2D eigenvalue weighted by atomic mass is 10.0. The van der Waals surface area contributed by atoms with Gasteiger partial charge in [-0.05, 0) is 52.6 Å². The number of hydrogen-bond donors (Lipinski definition) is 1. The zero-order valence-corrected chi connectivity index (χ0v) is 15.6. The van der Waals surface area contributed by atoms with Crippen molar-refractivity contribution in [3.8, 4) is 11.1 Å². The molecular weight excluding hydrogens is 344 g/mol. The summed E-state index contributed by atoms with van der Waals surface area (Å²) in [5.74, 6) is -0.222. The fourth-order valence-corrected chi connectivity index (χ4v) is 3.12. The normalized spacial score (nSPS) is 11.4. The molecule has 3 heteroatoms. The highest BCUT2D eigenvalue weighted by molar-refractivity contribution is 6.03. The highest BCUT2D eigenvalue weighted by atomic mass is 16.2. The monoisotopic (exact) mass is 364 g/mol. The maximum Gasteiger partial charge on any atom is 0.271 e. The van der Waals surface area contributed by atoms with Gasteiger partial charge in [-0.1, -0.05) is 78.9 Å². The van der Waals surface area contributed by atoms with Crippen LogP contribution in [0.4, 0.5) is 0 Å². The van der Waals surface area contributed by atoms with Crippen LogP contribution in [-0.4, -0.2) is 11.6 Å². The van der Waals surface area contributed by atoms with Gasteiger partial charge in [0.05, 0.1) is 5.71 Å². The third-order valence-corrected chi connectivity index (χ3v) is 4.75. The number of carbonyl (C=O) groups excluding carboxylic acids is 1. The molecular formula is C25H20N2O. The van der Waals surface area contributed by atoms with E-state index in [1.54, 1.807) is 0 Å². The second-order valence-electron chi connectivity index (χ2n) is 6.64. The highest BCUT2D eigenvalue weighted by Gasteiger charge is 2.06. The van der Waals surface area contributed by atoms with Crippen LogP contribution in [0.3, 0.4) is 0 Å². The van der Waals surface area contributed by atoms with Gasteiger partial charge in [-0.25, -0.2) is 5.43 Å². The van der Waals surface area contributed by atoms with Gasteiger partial charge in [-0.15, -0.1) is 0 Å². The second-order valence-corrected chi connectivity index (χ2v) is 6.64. The molecule has 136 valence electrons. The number of hydrogen-bond acceptors (Lipinski definition) is 2. The van der Waals surface area contributed by atoms with Gasteiger partial charge in [-0.2, -0.15) is 5.10 Å².